The topological polar surface area (TPSA) is 96.1 Å². The van der Waals surface area contributed by atoms with Crippen molar-refractivity contribution in [3.05, 3.63) is 11.6 Å². The Labute approximate surface area is 176 Å². The monoisotopic (exact) mass is 496 g/mol. The number of rotatable bonds is 5. The van der Waals surface area contributed by atoms with Crippen molar-refractivity contribution in [2.45, 2.75) is 32.8 Å². The number of hydrogen-bond donors (Lipinski definition) is 2. The molecule has 2 rings (SSSR count). The number of halogens is 1. The van der Waals surface area contributed by atoms with Gasteiger partial charge in [0.1, 0.15) is 5.60 Å². The van der Waals surface area contributed by atoms with E-state index in [1.54, 1.807) is 11.3 Å². The zero-order valence-corrected chi connectivity index (χ0v) is 18.8. The summed E-state index contributed by atoms with van der Waals surface area (Å²) in [6, 6.07) is 0. The number of nitrogens with two attached hydrogens (primary N) is 1. The second kappa shape index (κ2) is 10.8. The molecule has 1 aliphatic heterocycles. The summed E-state index contributed by atoms with van der Waals surface area (Å²) in [5, 5.41) is 5.76. The maximum absolute atomic E-state index is 11.5. The lowest BCUT2D eigenvalue weighted by Crippen LogP contribution is -2.51. The molecule has 148 valence electrons. The van der Waals surface area contributed by atoms with E-state index in [0.29, 0.717) is 19.0 Å². The molecular formula is C16H29IN6O2S. The number of alkyl carbamates (subject to hydrolysis) is 1. The molecule has 0 unspecified atom stereocenters. The van der Waals surface area contributed by atoms with Gasteiger partial charge in [0, 0.05) is 50.8 Å². The fraction of sp³-hybridized carbons (Fsp3) is 0.688. The van der Waals surface area contributed by atoms with Crippen LogP contribution in [0.3, 0.4) is 0 Å². The molecule has 0 spiro atoms. The number of carbonyl (C=O) groups excluding carboxylic acids is 1. The third-order valence-electron chi connectivity index (χ3n) is 3.57. The summed E-state index contributed by atoms with van der Waals surface area (Å²) < 4.78 is 5.17. The van der Waals surface area contributed by atoms with Crippen molar-refractivity contribution < 1.29 is 9.53 Å². The number of hydrogen-bond acceptors (Lipinski definition) is 6. The van der Waals surface area contributed by atoms with Crippen molar-refractivity contribution >= 4 is 52.5 Å². The van der Waals surface area contributed by atoms with Crippen LogP contribution in [-0.4, -0.2) is 66.8 Å². The fourth-order valence-electron chi connectivity index (χ4n) is 2.38. The molecule has 8 nitrogen and oxygen atoms in total. The maximum Gasteiger partial charge on any atom is 0.407 e. The highest BCUT2D eigenvalue weighted by Gasteiger charge is 2.19. The molecule has 1 amide bonds. The van der Waals surface area contributed by atoms with E-state index < -0.39 is 11.7 Å². The van der Waals surface area contributed by atoms with E-state index in [1.807, 2.05) is 32.3 Å². The molecule has 0 atom stereocenters. The van der Waals surface area contributed by atoms with Gasteiger partial charge in [-0.2, -0.15) is 0 Å². The van der Waals surface area contributed by atoms with Gasteiger partial charge in [0.25, 0.3) is 0 Å². The molecule has 0 saturated carbocycles. The Hall–Kier alpha value is -1.30. The number of nitrogens with zero attached hydrogens (tertiary/aromatic N) is 4. The molecule has 1 aliphatic rings. The van der Waals surface area contributed by atoms with Crippen molar-refractivity contribution in [2.75, 3.05) is 44.2 Å². The van der Waals surface area contributed by atoms with Crippen molar-refractivity contribution in [2.24, 2.45) is 10.7 Å². The van der Waals surface area contributed by atoms with E-state index in [2.05, 4.69) is 25.1 Å². The molecule has 1 aromatic rings. The van der Waals surface area contributed by atoms with Gasteiger partial charge in [-0.1, -0.05) is 0 Å². The average molecular weight is 496 g/mol. The number of thiazole rings is 1. The van der Waals surface area contributed by atoms with Crippen LogP contribution >= 0.6 is 35.3 Å². The molecule has 0 bridgehead atoms. The van der Waals surface area contributed by atoms with Gasteiger partial charge in [-0.3, -0.25) is 4.99 Å². The van der Waals surface area contributed by atoms with Crippen molar-refractivity contribution in [1.82, 2.24) is 15.2 Å². The number of ether oxygens (including phenoxy) is 1. The minimum absolute atomic E-state index is 0. The first kappa shape index (κ1) is 22.7. The first-order valence-electron chi connectivity index (χ1n) is 8.51. The van der Waals surface area contributed by atoms with Gasteiger partial charge in [0.15, 0.2) is 11.1 Å². The second-order valence-electron chi connectivity index (χ2n) is 6.81. The number of anilines is 1. The lowest BCUT2D eigenvalue weighted by Gasteiger charge is -2.35. The summed E-state index contributed by atoms with van der Waals surface area (Å²) in [5.74, 6) is 0.566. The zero-order valence-electron chi connectivity index (χ0n) is 15.6. The van der Waals surface area contributed by atoms with Gasteiger partial charge >= 0.3 is 6.09 Å². The summed E-state index contributed by atoms with van der Waals surface area (Å²) in [7, 11) is 0. The number of guanidine groups is 1. The van der Waals surface area contributed by atoms with Crippen molar-refractivity contribution in [3.8, 4) is 0 Å². The summed E-state index contributed by atoms with van der Waals surface area (Å²) in [6.07, 6.45) is 2.15. The van der Waals surface area contributed by atoms with Crippen LogP contribution in [0.4, 0.5) is 9.93 Å². The van der Waals surface area contributed by atoms with Crippen LogP contribution in [0.1, 0.15) is 27.2 Å². The Balaban J connectivity index is 0.00000338. The number of aliphatic imine (C=N–C) groups is 1. The van der Waals surface area contributed by atoms with Crippen LogP contribution in [-0.2, 0) is 4.74 Å². The Morgan fingerprint density at radius 2 is 2.08 bits per heavy atom. The van der Waals surface area contributed by atoms with E-state index in [9.17, 15) is 4.79 Å². The molecule has 0 aliphatic carbocycles. The minimum Gasteiger partial charge on any atom is -0.444 e. The zero-order chi connectivity index (χ0) is 18.3. The first-order valence-corrected chi connectivity index (χ1v) is 9.39. The highest BCUT2D eigenvalue weighted by molar-refractivity contribution is 14.0. The average Bonchev–Trinajstić information content (AvgIpc) is 3.07. The highest BCUT2D eigenvalue weighted by Crippen LogP contribution is 2.18. The summed E-state index contributed by atoms with van der Waals surface area (Å²) in [6.45, 7) is 10.1. The van der Waals surface area contributed by atoms with Gasteiger partial charge in [-0.05, 0) is 27.2 Å². The summed E-state index contributed by atoms with van der Waals surface area (Å²) in [4.78, 5) is 24.6. The number of carbonyl (C=O) groups is 1. The summed E-state index contributed by atoms with van der Waals surface area (Å²) in [5.41, 5.74) is 5.59. The van der Waals surface area contributed by atoms with Gasteiger partial charge in [0.05, 0.1) is 0 Å². The molecule has 1 aromatic heterocycles. The van der Waals surface area contributed by atoms with E-state index in [4.69, 9.17) is 10.5 Å². The predicted molar refractivity (Wildman–Crippen MR) is 117 cm³/mol. The predicted octanol–water partition coefficient (Wildman–Crippen LogP) is 2.11. The Bertz CT molecular complexity index is 568. The summed E-state index contributed by atoms with van der Waals surface area (Å²) >= 11 is 1.65. The number of aromatic nitrogens is 1. The van der Waals surface area contributed by atoms with Gasteiger partial charge < -0.3 is 25.6 Å². The largest absolute Gasteiger partial charge is 0.444 e. The Morgan fingerprint density at radius 3 is 2.65 bits per heavy atom. The minimum atomic E-state index is -0.479. The molecule has 1 fully saturated rings. The number of amides is 1. The smallest absolute Gasteiger partial charge is 0.407 e. The van der Waals surface area contributed by atoms with Crippen LogP contribution in [0.25, 0.3) is 0 Å². The molecule has 2 heterocycles. The van der Waals surface area contributed by atoms with Crippen LogP contribution in [0.15, 0.2) is 16.6 Å². The van der Waals surface area contributed by atoms with Crippen LogP contribution in [0, 0.1) is 0 Å². The van der Waals surface area contributed by atoms with E-state index in [0.717, 1.165) is 37.7 Å². The van der Waals surface area contributed by atoms with Crippen molar-refractivity contribution in [1.29, 1.82) is 0 Å². The van der Waals surface area contributed by atoms with E-state index >= 15 is 0 Å². The molecular weight excluding hydrogens is 467 g/mol. The molecule has 26 heavy (non-hydrogen) atoms. The van der Waals surface area contributed by atoms with Gasteiger partial charge in [0.2, 0.25) is 0 Å². The van der Waals surface area contributed by atoms with E-state index in [-0.39, 0.29) is 24.0 Å². The quantitative estimate of drug-likeness (QED) is 0.281. The number of nitrogens with one attached hydrogen (secondary N) is 1. The van der Waals surface area contributed by atoms with E-state index in [1.165, 1.54) is 0 Å². The van der Waals surface area contributed by atoms with Gasteiger partial charge in [-0.15, -0.1) is 35.3 Å². The van der Waals surface area contributed by atoms with Crippen LogP contribution < -0.4 is 16.0 Å². The van der Waals surface area contributed by atoms with Crippen LogP contribution in [0.5, 0.6) is 0 Å². The van der Waals surface area contributed by atoms with Crippen molar-refractivity contribution in [3.63, 3.8) is 0 Å². The molecule has 10 heteroatoms. The number of piperazine rings is 1. The second-order valence-corrected chi connectivity index (χ2v) is 7.68. The Kier molecular flexibility index (Phi) is 9.41. The standard InChI is InChI=1S/C16H28N6O2S.HI/c1-16(2,3)24-15(23)20-6-4-5-18-13(17)21-8-10-22(11-9-21)14-19-7-12-25-14;/h7,12H,4-6,8-11H2,1-3H3,(H2,17,18)(H,20,23);1H. The Morgan fingerprint density at radius 1 is 1.38 bits per heavy atom. The normalized spacial score (nSPS) is 15.4. The van der Waals surface area contributed by atoms with Gasteiger partial charge in [-0.25, -0.2) is 9.78 Å². The molecule has 1 saturated heterocycles. The SMILES string of the molecule is CC(C)(C)OC(=O)NCCCN=C(N)N1CCN(c2nccs2)CC1.I. The maximum atomic E-state index is 11.5. The van der Waals surface area contributed by atoms with Crippen LogP contribution in [0.2, 0.25) is 0 Å². The third-order valence-corrected chi connectivity index (χ3v) is 4.40. The molecule has 3 N–H and O–H groups in total. The third kappa shape index (κ3) is 7.94. The molecule has 0 aromatic carbocycles. The highest BCUT2D eigenvalue weighted by atomic mass is 127. The lowest BCUT2D eigenvalue weighted by molar-refractivity contribution is 0.0527. The molecule has 0 radical (unpaired) electrons. The lowest BCUT2D eigenvalue weighted by atomic mass is 10.2. The fourth-order valence-corrected chi connectivity index (χ4v) is 3.07. The first-order chi connectivity index (χ1) is 11.8.